The van der Waals surface area contributed by atoms with Gasteiger partial charge in [0.2, 0.25) is 0 Å². The summed E-state index contributed by atoms with van der Waals surface area (Å²) in [6, 6.07) is 4.87. The van der Waals surface area contributed by atoms with Crippen molar-refractivity contribution in [1.82, 2.24) is 5.32 Å². The van der Waals surface area contributed by atoms with E-state index in [-0.39, 0.29) is 18.3 Å². The monoisotopic (exact) mass is 209 g/mol. The van der Waals surface area contributed by atoms with Crippen LogP contribution in [0.2, 0.25) is 0 Å². The van der Waals surface area contributed by atoms with Crippen molar-refractivity contribution in [2.45, 2.75) is 25.4 Å². The molecule has 1 aliphatic rings. The van der Waals surface area contributed by atoms with Gasteiger partial charge in [-0.1, -0.05) is 12.1 Å². The number of hydrogen-bond donors (Lipinski definition) is 2. The van der Waals surface area contributed by atoms with E-state index >= 15 is 0 Å². The Kier molecular flexibility index (Phi) is 3.34. The zero-order chi connectivity index (χ0) is 10.7. The zero-order valence-electron chi connectivity index (χ0n) is 8.67. The van der Waals surface area contributed by atoms with Crippen molar-refractivity contribution >= 4 is 0 Å². The molecule has 15 heavy (non-hydrogen) atoms. The van der Waals surface area contributed by atoms with Crippen LogP contribution in [0.1, 0.15) is 29.9 Å². The van der Waals surface area contributed by atoms with Gasteiger partial charge in [-0.25, -0.2) is 4.39 Å². The molecule has 82 valence electrons. The Hall–Kier alpha value is -0.930. The minimum absolute atomic E-state index is 0.0204. The number of benzene rings is 1. The Morgan fingerprint density at radius 2 is 2.33 bits per heavy atom. The van der Waals surface area contributed by atoms with Gasteiger partial charge in [-0.15, -0.1) is 0 Å². The summed E-state index contributed by atoms with van der Waals surface area (Å²) >= 11 is 0. The highest BCUT2D eigenvalue weighted by molar-refractivity contribution is 5.28. The molecule has 2 nitrogen and oxygen atoms in total. The van der Waals surface area contributed by atoms with Gasteiger partial charge in [0, 0.05) is 6.54 Å². The number of aliphatic hydroxyl groups excluding tert-OH is 1. The molecule has 0 aromatic heterocycles. The van der Waals surface area contributed by atoms with Crippen molar-refractivity contribution in [2.24, 2.45) is 0 Å². The predicted molar refractivity (Wildman–Crippen MR) is 57.2 cm³/mol. The molecule has 0 radical (unpaired) electrons. The van der Waals surface area contributed by atoms with E-state index in [0.29, 0.717) is 0 Å². The minimum Gasteiger partial charge on any atom is -0.392 e. The molecule has 1 unspecified atom stereocenters. The fourth-order valence-electron chi connectivity index (χ4n) is 2.12. The second-order valence-electron chi connectivity index (χ2n) is 4.06. The third-order valence-electron chi connectivity index (χ3n) is 2.98. The summed E-state index contributed by atoms with van der Waals surface area (Å²) in [5.74, 6) is 0.103. The minimum atomic E-state index is -0.152. The van der Waals surface area contributed by atoms with Gasteiger partial charge >= 0.3 is 0 Å². The van der Waals surface area contributed by atoms with E-state index in [2.05, 4.69) is 5.32 Å². The standard InChI is InChI=1S/C12H16FNO/c13-12-4-3-9(8-15)6-11(12)10-2-1-5-14-7-10/h3-4,6,10,14-15H,1-2,5,7-8H2. The van der Waals surface area contributed by atoms with E-state index in [1.807, 2.05) is 0 Å². The summed E-state index contributed by atoms with van der Waals surface area (Å²) in [7, 11) is 0. The summed E-state index contributed by atoms with van der Waals surface area (Å²) in [6.45, 7) is 1.84. The first-order valence-corrected chi connectivity index (χ1v) is 5.41. The number of aliphatic hydroxyl groups is 1. The largest absolute Gasteiger partial charge is 0.392 e. The smallest absolute Gasteiger partial charge is 0.126 e. The first-order valence-electron chi connectivity index (χ1n) is 5.41. The van der Waals surface area contributed by atoms with E-state index in [9.17, 15) is 4.39 Å². The second kappa shape index (κ2) is 4.73. The zero-order valence-corrected chi connectivity index (χ0v) is 8.67. The van der Waals surface area contributed by atoms with Gasteiger partial charge in [0.05, 0.1) is 6.61 Å². The van der Waals surface area contributed by atoms with Gasteiger partial charge < -0.3 is 10.4 Å². The van der Waals surface area contributed by atoms with Crippen LogP contribution in [-0.2, 0) is 6.61 Å². The fourth-order valence-corrected chi connectivity index (χ4v) is 2.12. The molecule has 0 bridgehead atoms. The highest BCUT2D eigenvalue weighted by Gasteiger charge is 2.18. The predicted octanol–water partition coefficient (Wildman–Crippen LogP) is 1.79. The molecule has 1 aromatic carbocycles. The lowest BCUT2D eigenvalue weighted by molar-refractivity contribution is 0.281. The summed E-state index contributed by atoms with van der Waals surface area (Å²) in [6.07, 6.45) is 2.12. The van der Waals surface area contributed by atoms with E-state index in [4.69, 9.17) is 5.11 Å². The summed E-state index contributed by atoms with van der Waals surface area (Å²) in [5, 5.41) is 12.3. The lowest BCUT2D eigenvalue weighted by atomic mass is 9.90. The molecule has 3 heteroatoms. The number of hydrogen-bond acceptors (Lipinski definition) is 2. The normalized spacial score (nSPS) is 21.6. The number of rotatable bonds is 2. The summed E-state index contributed by atoms with van der Waals surface area (Å²) < 4.78 is 13.6. The van der Waals surface area contributed by atoms with E-state index in [1.165, 1.54) is 6.07 Å². The van der Waals surface area contributed by atoms with Crippen molar-refractivity contribution in [3.63, 3.8) is 0 Å². The number of halogens is 1. The van der Waals surface area contributed by atoms with Crippen molar-refractivity contribution < 1.29 is 9.50 Å². The van der Waals surface area contributed by atoms with Gasteiger partial charge in [-0.2, -0.15) is 0 Å². The lowest BCUT2D eigenvalue weighted by Gasteiger charge is -2.23. The summed E-state index contributed by atoms with van der Waals surface area (Å²) in [4.78, 5) is 0. The van der Waals surface area contributed by atoms with Crippen molar-refractivity contribution in [1.29, 1.82) is 0 Å². The first kappa shape index (κ1) is 10.6. The number of nitrogens with one attached hydrogen (secondary N) is 1. The molecule has 1 aromatic rings. The van der Waals surface area contributed by atoms with Crippen LogP contribution in [0.15, 0.2) is 18.2 Å². The third-order valence-corrected chi connectivity index (χ3v) is 2.98. The lowest BCUT2D eigenvalue weighted by Crippen LogP contribution is -2.28. The molecule has 0 saturated carbocycles. The van der Waals surface area contributed by atoms with Gasteiger partial charge in [0.1, 0.15) is 5.82 Å². The maximum absolute atomic E-state index is 13.6. The molecule has 2 N–H and O–H groups in total. The van der Waals surface area contributed by atoms with Gasteiger partial charge in [0.15, 0.2) is 0 Å². The van der Waals surface area contributed by atoms with Crippen LogP contribution in [0.4, 0.5) is 4.39 Å². The Balaban J connectivity index is 2.24. The quantitative estimate of drug-likeness (QED) is 0.778. The Bertz CT molecular complexity index is 334. The Morgan fingerprint density at radius 1 is 1.47 bits per heavy atom. The van der Waals surface area contributed by atoms with Crippen molar-refractivity contribution in [2.75, 3.05) is 13.1 Å². The third kappa shape index (κ3) is 2.36. The highest BCUT2D eigenvalue weighted by Crippen LogP contribution is 2.26. The summed E-state index contributed by atoms with van der Waals surface area (Å²) in [5.41, 5.74) is 1.53. The average molecular weight is 209 g/mol. The molecular formula is C12H16FNO. The van der Waals surface area contributed by atoms with E-state index in [0.717, 1.165) is 37.1 Å². The molecule has 2 rings (SSSR count). The van der Waals surface area contributed by atoms with Crippen LogP contribution in [0, 0.1) is 5.82 Å². The van der Waals surface area contributed by atoms with Crippen molar-refractivity contribution in [3.8, 4) is 0 Å². The molecule has 1 aliphatic heterocycles. The van der Waals surface area contributed by atoms with Crippen molar-refractivity contribution in [3.05, 3.63) is 35.1 Å². The van der Waals surface area contributed by atoms with Gasteiger partial charge in [-0.3, -0.25) is 0 Å². The Labute approximate surface area is 89.1 Å². The highest BCUT2D eigenvalue weighted by atomic mass is 19.1. The fraction of sp³-hybridized carbons (Fsp3) is 0.500. The maximum atomic E-state index is 13.6. The Morgan fingerprint density at radius 3 is 3.00 bits per heavy atom. The number of piperidine rings is 1. The molecule has 1 fully saturated rings. The van der Waals surface area contributed by atoms with Crippen LogP contribution < -0.4 is 5.32 Å². The molecule has 1 heterocycles. The van der Waals surface area contributed by atoms with E-state index in [1.54, 1.807) is 12.1 Å². The topological polar surface area (TPSA) is 32.3 Å². The van der Waals surface area contributed by atoms with Crippen LogP contribution in [0.25, 0.3) is 0 Å². The van der Waals surface area contributed by atoms with Crippen LogP contribution in [0.5, 0.6) is 0 Å². The second-order valence-corrected chi connectivity index (χ2v) is 4.06. The average Bonchev–Trinajstić information content (AvgIpc) is 2.31. The molecular weight excluding hydrogens is 193 g/mol. The van der Waals surface area contributed by atoms with Crippen LogP contribution >= 0.6 is 0 Å². The van der Waals surface area contributed by atoms with E-state index < -0.39 is 0 Å². The van der Waals surface area contributed by atoms with Crippen LogP contribution in [0.3, 0.4) is 0 Å². The molecule has 1 saturated heterocycles. The van der Waals surface area contributed by atoms with Gasteiger partial charge in [-0.05, 0) is 42.5 Å². The molecule has 0 aliphatic carbocycles. The molecule has 0 amide bonds. The molecule has 0 spiro atoms. The SMILES string of the molecule is OCc1ccc(F)c(C2CCCNC2)c1. The van der Waals surface area contributed by atoms with Crippen LogP contribution in [-0.4, -0.2) is 18.2 Å². The molecule has 1 atom stereocenters. The van der Waals surface area contributed by atoms with Gasteiger partial charge in [0.25, 0.3) is 0 Å². The first-order chi connectivity index (χ1) is 7.31. The maximum Gasteiger partial charge on any atom is 0.126 e.